The molecule has 7 nitrogen and oxygen atoms in total. The Labute approximate surface area is 168 Å². The van der Waals surface area contributed by atoms with E-state index in [-0.39, 0.29) is 19.1 Å². The van der Waals surface area contributed by atoms with Gasteiger partial charge in [-0.1, -0.05) is 42.0 Å². The average molecular weight is 391 g/mol. The Morgan fingerprint density at radius 1 is 1.14 bits per heavy atom. The van der Waals surface area contributed by atoms with Crippen LogP contribution in [0.3, 0.4) is 0 Å². The Bertz CT molecular complexity index is 1040. The lowest BCUT2D eigenvalue weighted by Crippen LogP contribution is -2.50. The van der Waals surface area contributed by atoms with E-state index in [9.17, 15) is 9.59 Å². The van der Waals surface area contributed by atoms with E-state index in [4.69, 9.17) is 14.9 Å². The largest absolute Gasteiger partial charge is 0.436 e. The molecule has 1 atom stereocenters. The molecule has 7 heteroatoms. The Kier molecular flexibility index (Phi) is 5.14. The van der Waals surface area contributed by atoms with Crippen LogP contribution in [0.15, 0.2) is 59.1 Å². The van der Waals surface area contributed by atoms with Gasteiger partial charge in [0.1, 0.15) is 0 Å². The molecular formula is C22H21N3O4. The van der Waals surface area contributed by atoms with Crippen LogP contribution < -0.4 is 5.73 Å². The van der Waals surface area contributed by atoms with Crippen molar-refractivity contribution in [2.45, 2.75) is 13.0 Å². The van der Waals surface area contributed by atoms with E-state index in [1.165, 1.54) is 0 Å². The van der Waals surface area contributed by atoms with Crippen LogP contribution in [0, 0.1) is 6.92 Å². The molecule has 29 heavy (non-hydrogen) atoms. The number of benzene rings is 2. The first-order chi connectivity index (χ1) is 14.0. The fourth-order valence-electron chi connectivity index (χ4n) is 3.28. The van der Waals surface area contributed by atoms with Gasteiger partial charge in [0.05, 0.1) is 24.9 Å². The molecule has 2 amide bonds. The van der Waals surface area contributed by atoms with Crippen LogP contribution >= 0.6 is 0 Å². The van der Waals surface area contributed by atoms with E-state index in [1.54, 1.807) is 29.3 Å². The average Bonchev–Trinajstić information content (AvgIpc) is 3.24. The minimum atomic E-state index is -0.797. The van der Waals surface area contributed by atoms with Gasteiger partial charge < -0.3 is 19.8 Å². The van der Waals surface area contributed by atoms with Crippen molar-refractivity contribution in [1.82, 2.24) is 9.88 Å². The van der Waals surface area contributed by atoms with E-state index in [2.05, 4.69) is 4.98 Å². The lowest BCUT2D eigenvalue weighted by molar-refractivity contribution is -0.133. The van der Waals surface area contributed by atoms with Crippen LogP contribution in [0.1, 0.15) is 15.9 Å². The topological polar surface area (TPSA) is 98.7 Å². The van der Waals surface area contributed by atoms with Crippen molar-refractivity contribution in [3.63, 3.8) is 0 Å². The molecule has 0 aliphatic carbocycles. The summed E-state index contributed by atoms with van der Waals surface area (Å²) >= 11 is 0. The van der Waals surface area contributed by atoms with Crippen molar-refractivity contribution < 1.29 is 18.7 Å². The van der Waals surface area contributed by atoms with Crippen LogP contribution in [-0.4, -0.2) is 47.5 Å². The molecule has 2 heterocycles. The van der Waals surface area contributed by atoms with Gasteiger partial charge >= 0.3 is 0 Å². The highest BCUT2D eigenvalue weighted by atomic mass is 16.5. The van der Waals surface area contributed by atoms with Crippen molar-refractivity contribution in [2.75, 3.05) is 19.7 Å². The van der Waals surface area contributed by atoms with Crippen LogP contribution in [0.25, 0.3) is 22.8 Å². The smallest absolute Gasteiger partial charge is 0.254 e. The molecule has 0 unspecified atom stereocenters. The first kappa shape index (κ1) is 18.9. The molecule has 1 saturated heterocycles. The predicted molar refractivity (Wildman–Crippen MR) is 107 cm³/mol. The normalized spacial score (nSPS) is 16.6. The fraction of sp³-hybridized carbons (Fsp3) is 0.227. The summed E-state index contributed by atoms with van der Waals surface area (Å²) in [6, 6.07) is 15.1. The summed E-state index contributed by atoms with van der Waals surface area (Å²) in [5, 5.41) is 0. The summed E-state index contributed by atoms with van der Waals surface area (Å²) in [6.07, 6.45) is 0.855. The maximum atomic E-state index is 13.1. The number of aryl methyl sites for hydroxylation is 1. The zero-order valence-electron chi connectivity index (χ0n) is 16.0. The second kappa shape index (κ2) is 7.89. The van der Waals surface area contributed by atoms with Crippen LogP contribution in [-0.2, 0) is 9.53 Å². The Morgan fingerprint density at radius 2 is 1.90 bits per heavy atom. The number of nitrogens with two attached hydrogens (primary N) is 1. The van der Waals surface area contributed by atoms with Gasteiger partial charge in [0, 0.05) is 17.7 Å². The summed E-state index contributed by atoms with van der Waals surface area (Å²) in [7, 11) is 0. The van der Waals surface area contributed by atoms with Crippen molar-refractivity contribution in [1.29, 1.82) is 0 Å². The van der Waals surface area contributed by atoms with Gasteiger partial charge in [-0.05, 0) is 19.1 Å². The van der Waals surface area contributed by atoms with Gasteiger partial charge in [-0.25, -0.2) is 4.98 Å². The van der Waals surface area contributed by atoms with Crippen LogP contribution in [0.5, 0.6) is 0 Å². The number of amides is 2. The molecule has 2 aromatic carbocycles. The highest BCUT2D eigenvalue weighted by Crippen LogP contribution is 2.29. The van der Waals surface area contributed by atoms with Crippen molar-refractivity contribution in [3.05, 3.63) is 65.9 Å². The summed E-state index contributed by atoms with van der Waals surface area (Å²) in [5.41, 5.74) is 8.45. The maximum absolute atomic E-state index is 13.1. The van der Waals surface area contributed by atoms with Gasteiger partial charge in [0.15, 0.2) is 11.9 Å². The molecule has 0 spiro atoms. The van der Waals surface area contributed by atoms with E-state index in [0.29, 0.717) is 29.3 Å². The van der Waals surface area contributed by atoms with E-state index in [1.807, 2.05) is 37.3 Å². The number of rotatable bonds is 4. The number of aromatic nitrogens is 1. The molecule has 4 rings (SSSR count). The number of nitrogens with zero attached hydrogens (tertiary/aromatic N) is 2. The third-order valence-corrected chi connectivity index (χ3v) is 4.90. The monoisotopic (exact) mass is 391 g/mol. The number of primary amides is 1. The summed E-state index contributed by atoms with van der Waals surface area (Å²) in [6.45, 7) is 2.80. The summed E-state index contributed by atoms with van der Waals surface area (Å²) in [5.74, 6) is 0.197. The Balaban J connectivity index is 1.63. The van der Waals surface area contributed by atoms with E-state index in [0.717, 1.165) is 11.1 Å². The SMILES string of the molecule is Cc1ccc(-c2cnc(-c3ccccc3C(=O)N3CCO[C@@H](C(N)=O)C3)o2)cc1. The van der Waals surface area contributed by atoms with Crippen LogP contribution in [0.2, 0.25) is 0 Å². The van der Waals surface area contributed by atoms with Gasteiger partial charge in [0.2, 0.25) is 11.8 Å². The third-order valence-electron chi connectivity index (χ3n) is 4.90. The summed E-state index contributed by atoms with van der Waals surface area (Å²) in [4.78, 5) is 30.5. The van der Waals surface area contributed by atoms with E-state index >= 15 is 0 Å². The molecule has 0 bridgehead atoms. The molecule has 0 saturated carbocycles. The zero-order valence-corrected chi connectivity index (χ0v) is 16.0. The second-order valence-electron chi connectivity index (χ2n) is 6.95. The fourth-order valence-corrected chi connectivity index (χ4v) is 3.28. The predicted octanol–water partition coefficient (Wildman–Crippen LogP) is 2.64. The molecule has 3 aromatic rings. The number of carbonyl (C=O) groups is 2. The van der Waals surface area contributed by atoms with Gasteiger partial charge in [0.25, 0.3) is 5.91 Å². The van der Waals surface area contributed by atoms with Gasteiger partial charge in [-0.2, -0.15) is 0 Å². The minimum Gasteiger partial charge on any atom is -0.436 e. The van der Waals surface area contributed by atoms with Crippen molar-refractivity contribution in [3.8, 4) is 22.8 Å². The Morgan fingerprint density at radius 3 is 2.66 bits per heavy atom. The lowest BCUT2D eigenvalue weighted by atomic mass is 10.1. The van der Waals surface area contributed by atoms with Crippen molar-refractivity contribution in [2.24, 2.45) is 5.73 Å². The Hall–Kier alpha value is -3.45. The molecular weight excluding hydrogens is 370 g/mol. The number of oxazole rings is 1. The number of morpholine rings is 1. The maximum Gasteiger partial charge on any atom is 0.254 e. The molecule has 148 valence electrons. The highest BCUT2D eigenvalue weighted by Gasteiger charge is 2.29. The quantitative estimate of drug-likeness (QED) is 0.737. The summed E-state index contributed by atoms with van der Waals surface area (Å²) < 4.78 is 11.3. The van der Waals surface area contributed by atoms with Gasteiger partial charge in [-0.3, -0.25) is 9.59 Å². The molecule has 1 aliphatic rings. The standard InChI is InChI=1S/C22H21N3O4/c1-14-6-8-15(9-7-14)18-12-24-21(29-18)16-4-2-3-5-17(16)22(27)25-10-11-28-19(13-25)20(23)26/h2-9,12,19H,10-11,13H2,1H3,(H2,23,26)/t19-/m1/s1. The van der Waals surface area contributed by atoms with Crippen LogP contribution in [0.4, 0.5) is 0 Å². The number of carbonyl (C=O) groups excluding carboxylic acids is 2. The van der Waals surface area contributed by atoms with E-state index < -0.39 is 12.0 Å². The minimum absolute atomic E-state index is 0.128. The third kappa shape index (κ3) is 3.90. The van der Waals surface area contributed by atoms with Gasteiger partial charge in [-0.15, -0.1) is 0 Å². The molecule has 1 aliphatic heterocycles. The highest BCUT2D eigenvalue weighted by molar-refractivity contribution is 6.00. The van der Waals surface area contributed by atoms with Crippen molar-refractivity contribution >= 4 is 11.8 Å². The number of ether oxygens (including phenoxy) is 1. The second-order valence-corrected chi connectivity index (χ2v) is 6.95. The number of hydrogen-bond donors (Lipinski definition) is 1. The molecule has 1 fully saturated rings. The zero-order chi connectivity index (χ0) is 20.4. The molecule has 2 N–H and O–H groups in total. The number of hydrogen-bond acceptors (Lipinski definition) is 5. The first-order valence-corrected chi connectivity index (χ1v) is 9.35. The molecule has 1 aromatic heterocycles. The first-order valence-electron chi connectivity index (χ1n) is 9.35. The lowest BCUT2D eigenvalue weighted by Gasteiger charge is -2.31. The molecule has 0 radical (unpaired) electrons.